The quantitative estimate of drug-likeness (QED) is 0.0190. The minimum Gasteiger partial charge on any atom is -0.480 e. The van der Waals surface area contributed by atoms with E-state index in [1.54, 1.807) is 26.1 Å². The van der Waals surface area contributed by atoms with E-state index in [-0.39, 0.29) is 104 Å². The van der Waals surface area contributed by atoms with Crippen molar-refractivity contribution in [3.8, 4) is 11.1 Å². The summed E-state index contributed by atoms with van der Waals surface area (Å²) in [6.45, 7) is 10.6. The number of nitrogens with one attached hydrogen (secondary N) is 2. The number of amides is 5. The van der Waals surface area contributed by atoms with E-state index in [1.807, 2.05) is 55.7 Å². The van der Waals surface area contributed by atoms with Gasteiger partial charge in [0.25, 0.3) is 11.8 Å². The predicted molar refractivity (Wildman–Crippen MR) is 311 cm³/mol. The van der Waals surface area contributed by atoms with Crippen LogP contribution in [0.2, 0.25) is 0 Å². The minimum atomic E-state index is -5.08. The number of nitrogens with two attached hydrogens (primary N) is 1. The van der Waals surface area contributed by atoms with E-state index in [0.717, 1.165) is 35.1 Å². The van der Waals surface area contributed by atoms with E-state index < -0.39 is 89.6 Å². The van der Waals surface area contributed by atoms with Gasteiger partial charge in [-0.2, -0.15) is 13.2 Å². The second-order valence-electron chi connectivity index (χ2n) is 23.8. The molecule has 0 bridgehead atoms. The number of hydrogen-bond donors (Lipinski definition) is 6. The van der Waals surface area contributed by atoms with Gasteiger partial charge in [-0.05, 0) is 98.9 Å². The van der Waals surface area contributed by atoms with Gasteiger partial charge in [0.2, 0.25) is 17.7 Å². The number of benzene rings is 2. The second-order valence-corrected chi connectivity index (χ2v) is 23.8. The van der Waals surface area contributed by atoms with Crippen molar-refractivity contribution in [1.29, 1.82) is 0 Å². The molecule has 0 saturated heterocycles. The minimum absolute atomic E-state index is 0.00907. The number of imide groups is 1. The summed E-state index contributed by atoms with van der Waals surface area (Å²) in [6, 6.07) is 10.4. The molecule has 24 heteroatoms. The van der Waals surface area contributed by atoms with Crippen molar-refractivity contribution in [3.63, 3.8) is 0 Å². The molecule has 7 N–H and O–H groups in total. The maximum atomic E-state index is 15.2. The third-order valence-electron chi connectivity index (χ3n) is 15.7. The van der Waals surface area contributed by atoms with E-state index in [2.05, 4.69) is 10.6 Å². The zero-order valence-corrected chi connectivity index (χ0v) is 50.2. The molecule has 1 fully saturated rings. The zero-order valence-electron chi connectivity index (χ0n) is 50.2. The predicted octanol–water partition coefficient (Wildman–Crippen LogP) is 8.43. The van der Waals surface area contributed by atoms with Crippen LogP contribution in [-0.4, -0.2) is 133 Å². The summed E-state index contributed by atoms with van der Waals surface area (Å²) in [7, 11) is 0. The summed E-state index contributed by atoms with van der Waals surface area (Å²) >= 11 is 0. The molecule has 0 unspecified atom stereocenters. The number of ketones is 3. The molecule has 1 aliphatic carbocycles. The number of rotatable bonds is 33. The van der Waals surface area contributed by atoms with Crippen molar-refractivity contribution in [2.45, 2.75) is 175 Å². The van der Waals surface area contributed by atoms with Crippen LogP contribution in [0.15, 0.2) is 72.9 Å². The van der Waals surface area contributed by atoms with Crippen molar-refractivity contribution in [2.75, 3.05) is 19.7 Å². The first kappa shape index (κ1) is 72.0. The molecule has 0 radical (unpaired) electrons. The molecule has 1 aromatic heterocycles. The van der Waals surface area contributed by atoms with Crippen LogP contribution in [0, 0.1) is 40.7 Å². The monoisotopic (exact) mass is 1230 g/mol. The maximum Gasteiger partial charge on any atom is 0.490 e. The van der Waals surface area contributed by atoms with Gasteiger partial charge in [0.15, 0.2) is 0 Å². The average Bonchev–Trinajstić information content (AvgIpc) is 2.81. The van der Waals surface area contributed by atoms with E-state index in [0.29, 0.717) is 69.2 Å². The first-order valence-electron chi connectivity index (χ1n) is 29.4. The number of hydrogen-bond acceptors (Lipinski definition) is 12. The lowest BCUT2D eigenvalue weighted by atomic mass is 9.82. The molecule has 2 aromatic carbocycles. The Balaban J connectivity index is 0.00000217. The highest BCUT2D eigenvalue weighted by Crippen LogP contribution is 2.42. The van der Waals surface area contributed by atoms with Crippen LogP contribution in [0.25, 0.3) is 11.1 Å². The number of aromatic nitrogens is 1. The first-order valence-corrected chi connectivity index (χ1v) is 29.4. The van der Waals surface area contributed by atoms with E-state index in [9.17, 15) is 70.9 Å². The Morgan fingerprint density at radius 3 is 2.02 bits per heavy atom. The number of carbonyl (C=O) groups excluding carboxylic acids is 8. The molecule has 1 saturated carbocycles. The summed E-state index contributed by atoms with van der Waals surface area (Å²) in [5, 5.41) is 32.5. The number of Topliss-reactive ketones (excluding diaryl/α,β-unsaturated/α-hetero) is 3. The Morgan fingerprint density at radius 1 is 0.793 bits per heavy atom. The van der Waals surface area contributed by atoms with Gasteiger partial charge in [-0.15, -0.1) is 0 Å². The standard InChI is InChI=1S/C61H82F2N6O11.C2HF3O2/c1-38(2)46(34-44(71)20-12-9-15-29-68-54(74)26-27-55(68)75)59(78)65-39(3)58(77)66-50(60(79)80)22-13-8-14-23-52(72)45-21-16-19-41(45)32-53(73)49(64)28-30-69(56(76)37-70)57(61(4,5)6)51-31-42(47-33-43(62)24-25-48(47)63)36-67(51)35-40-17-10-7-11-18-40;3-2(4,5)1(6)7/h7,10-11,17-18,24-27,31,33,36,38-39,41,45-46,49-50,57,70H,8-9,12-16,19-23,28-30,32,34-35,37,64H2,1-6H3,(H,65,78)(H,66,77)(H,79,80);(H,6,7)/t39-,41+,45+,46-,49-,50-,57-;/m0./s1. The Kier molecular flexibility index (Phi) is 27.8. The van der Waals surface area contributed by atoms with Gasteiger partial charge in [-0.3, -0.25) is 43.3 Å². The normalized spacial score (nSPS) is 16.8. The third kappa shape index (κ3) is 22.3. The number of carbonyl (C=O) groups is 10. The highest BCUT2D eigenvalue weighted by molar-refractivity contribution is 6.12. The number of aliphatic carboxylic acids is 2. The summed E-state index contributed by atoms with van der Waals surface area (Å²) < 4.78 is 63.3. The van der Waals surface area contributed by atoms with Crippen molar-refractivity contribution in [2.24, 2.45) is 34.8 Å². The Labute approximate surface area is 503 Å². The molecule has 478 valence electrons. The maximum absolute atomic E-state index is 15.2. The van der Waals surface area contributed by atoms with Gasteiger partial charge in [-0.25, -0.2) is 18.4 Å². The molecule has 5 rings (SSSR count). The van der Waals surface area contributed by atoms with Crippen molar-refractivity contribution in [3.05, 3.63) is 95.8 Å². The molecule has 7 atom stereocenters. The number of alkyl halides is 3. The molecular weight excluding hydrogens is 1140 g/mol. The summed E-state index contributed by atoms with van der Waals surface area (Å²) in [5.74, 6) is -9.70. The fraction of sp³-hybridized carbons (Fsp3) is 0.556. The Hall–Kier alpha value is -7.47. The van der Waals surface area contributed by atoms with Gasteiger partial charge < -0.3 is 41.2 Å². The first-order chi connectivity index (χ1) is 40.8. The lowest BCUT2D eigenvalue weighted by Crippen LogP contribution is -2.51. The largest absolute Gasteiger partial charge is 0.490 e. The van der Waals surface area contributed by atoms with Crippen molar-refractivity contribution >= 4 is 58.8 Å². The van der Waals surface area contributed by atoms with Gasteiger partial charge in [0, 0.05) is 92.3 Å². The molecule has 5 amide bonds. The molecule has 2 heterocycles. The van der Waals surface area contributed by atoms with Gasteiger partial charge in [0.1, 0.15) is 47.7 Å². The molecule has 2 aliphatic rings. The zero-order chi connectivity index (χ0) is 64.9. The number of unbranched alkanes of at least 4 members (excludes halogenated alkanes) is 4. The highest BCUT2D eigenvalue weighted by atomic mass is 19.4. The van der Waals surface area contributed by atoms with Gasteiger partial charge >= 0.3 is 18.1 Å². The van der Waals surface area contributed by atoms with Gasteiger partial charge in [-0.1, -0.05) is 90.6 Å². The van der Waals surface area contributed by atoms with Crippen LogP contribution in [0.4, 0.5) is 22.0 Å². The Bertz CT molecular complexity index is 2910. The number of carboxylic acids is 2. The van der Waals surface area contributed by atoms with Gasteiger partial charge in [0.05, 0.1) is 12.1 Å². The average molecular weight is 1230 g/mol. The lowest BCUT2D eigenvalue weighted by molar-refractivity contribution is -0.192. The molecule has 1 aliphatic heterocycles. The smallest absolute Gasteiger partial charge is 0.480 e. The Morgan fingerprint density at radius 2 is 1.43 bits per heavy atom. The highest BCUT2D eigenvalue weighted by Gasteiger charge is 2.40. The molecule has 3 aromatic rings. The summed E-state index contributed by atoms with van der Waals surface area (Å²) in [6.07, 6.45) is 4.71. The number of aliphatic hydroxyl groups is 1. The van der Waals surface area contributed by atoms with E-state index >= 15 is 4.39 Å². The van der Waals surface area contributed by atoms with Crippen LogP contribution in [0.3, 0.4) is 0 Å². The van der Waals surface area contributed by atoms with Crippen molar-refractivity contribution in [1.82, 2.24) is 25.0 Å². The van der Waals surface area contributed by atoms with Crippen LogP contribution < -0.4 is 16.4 Å². The van der Waals surface area contributed by atoms with Crippen LogP contribution in [0.5, 0.6) is 0 Å². The topological polar surface area (TPSA) is 293 Å². The number of aliphatic hydroxyl groups excluding tert-OH is 1. The molecular formula is C63H83F5N6O13. The summed E-state index contributed by atoms with van der Waals surface area (Å²) in [5.41, 5.74) is 7.86. The van der Waals surface area contributed by atoms with Crippen LogP contribution in [0.1, 0.15) is 155 Å². The number of halogens is 5. The van der Waals surface area contributed by atoms with Crippen LogP contribution in [-0.2, 0) is 54.5 Å². The molecule has 87 heavy (non-hydrogen) atoms. The SMILES string of the molecule is CC(C)[C@H](CC(=O)CCCCCN1C(=O)C=CC1=O)C(=O)N[C@@H](C)C(=O)N[C@@H](CCCCCC(=O)[C@@H]1CCC[C@@H]1CC(=O)[C@@H](N)CCN(C(=O)CO)[C@@H](c1cc(-c2cc(F)ccc2F)cn1Cc1ccccc1)C(C)(C)C)C(=O)O.O=C(O)C(F)(F)F. The van der Waals surface area contributed by atoms with Crippen molar-refractivity contribution < 1.29 is 85.2 Å². The third-order valence-corrected chi connectivity index (χ3v) is 15.7. The lowest BCUT2D eigenvalue weighted by Gasteiger charge is -2.41. The fourth-order valence-corrected chi connectivity index (χ4v) is 11.0. The van der Waals surface area contributed by atoms with E-state index in [4.69, 9.17) is 15.6 Å². The number of carboxylic acid groups (broad SMARTS) is 2. The van der Waals surface area contributed by atoms with E-state index in [1.165, 1.54) is 24.0 Å². The molecule has 19 nitrogen and oxygen atoms in total. The molecule has 0 spiro atoms. The summed E-state index contributed by atoms with van der Waals surface area (Å²) in [4.78, 5) is 128. The van der Waals surface area contributed by atoms with Crippen LogP contribution >= 0.6 is 0 Å². The fourth-order valence-electron chi connectivity index (χ4n) is 11.0. The second kappa shape index (κ2) is 33.6. The number of nitrogens with zero attached hydrogens (tertiary/aromatic N) is 3.